The van der Waals surface area contributed by atoms with Crippen LogP contribution in [0.5, 0.6) is 5.75 Å². The molecule has 1 amide bonds. The lowest BCUT2D eigenvalue weighted by molar-refractivity contribution is -0.115. The molecule has 0 saturated carbocycles. The second kappa shape index (κ2) is 9.95. The molecule has 4 aromatic rings. The first kappa shape index (κ1) is 20.7. The smallest absolute Gasteiger partial charge is 0.237 e. The molecule has 0 saturated heterocycles. The van der Waals surface area contributed by atoms with Gasteiger partial charge in [-0.15, -0.1) is 10.2 Å². The van der Waals surface area contributed by atoms with E-state index in [0.717, 1.165) is 17.0 Å². The molecule has 0 fully saturated rings. The molecule has 0 radical (unpaired) electrons. The molecule has 7 heteroatoms. The van der Waals surface area contributed by atoms with Gasteiger partial charge in [-0.05, 0) is 48.9 Å². The van der Waals surface area contributed by atoms with Gasteiger partial charge in [0.1, 0.15) is 18.7 Å². The number of rotatable bonds is 8. The molecule has 0 aliphatic carbocycles. The second-order valence-electron chi connectivity index (χ2n) is 6.87. The summed E-state index contributed by atoms with van der Waals surface area (Å²) in [5.74, 6) is 0.644. The third-order valence-electron chi connectivity index (χ3n) is 4.57. The third-order valence-corrected chi connectivity index (χ3v) is 5.63. The van der Waals surface area contributed by atoms with Crippen LogP contribution in [0.1, 0.15) is 12.5 Å². The van der Waals surface area contributed by atoms with Crippen molar-refractivity contribution in [3.05, 3.63) is 96.8 Å². The summed E-state index contributed by atoms with van der Waals surface area (Å²) in [4.78, 5) is 12.7. The number of aromatic nitrogens is 3. The van der Waals surface area contributed by atoms with Crippen molar-refractivity contribution >= 4 is 23.4 Å². The molecular weight excluding hydrogens is 408 g/mol. The SMILES string of the molecule is C[C@@H](Sc1nncn1-c1ccccc1)C(=O)Nc1ccc(OCc2ccccc2)cc1. The zero-order chi connectivity index (χ0) is 21.5. The number of benzene rings is 3. The van der Waals surface area contributed by atoms with Crippen LogP contribution in [0.15, 0.2) is 96.4 Å². The van der Waals surface area contributed by atoms with Crippen LogP contribution >= 0.6 is 11.8 Å². The van der Waals surface area contributed by atoms with Crippen molar-refractivity contribution in [1.82, 2.24) is 14.8 Å². The van der Waals surface area contributed by atoms with Crippen molar-refractivity contribution in [2.45, 2.75) is 23.9 Å². The van der Waals surface area contributed by atoms with Gasteiger partial charge in [0.25, 0.3) is 0 Å². The molecule has 1 atom stereocenters. The van der Waals surface area contributed by atoms with Crippen molar-refractivity contribution in [2.75, 3.05) is 5.32 Å². The predicted molar refractivity (Wildman–Crippen MR) is 123 cm³/mol. The van der Waals surface area contributed by atoms with E-state index in [4.69, 9.17) is 4.74 Å². The predicted octanol–water partition coefficient (Wildman–Crippen LogP) is 4.97. The van der Waals surface area contributed by atoms with Crippen molar-refractivity contribution in [1.29, 1.82) is 0 Å². The van der Waals surface area contributed by atoms with E-state index >= 15 is 0 Å². The van der Waals surface area contributed by atoms with E-state index in [-0.39, 0.29) is 11.2 Å². The summed E-state index contributed by atoms with van der Waals surface area (Å²) in [7, 11) is 0. The highest BCUT2D eigenvalue weighted by atomic mass is 32.2. The van der Waals surface area contributed by atoms with E-state index in [2.05, 4.69) is 15.5 Å². The Morgan fingerprint density at radius 1 is 1.00 bits per heavy atom. The number of nitrogens with one attached hydrogen (secondary N) is 1. The summed E-state index contributed by atoms with van der Waals surface area (Å²) in [6.07, 6.45) is 1.65. The van der Waals surface area contributed by atoms with Crippen LogP contribution in [0, 0.1) is 0 Å². The maximum atomic E-state index is 12.7. The van der Waals surface area contributed by atoms with Crippen LogP contribution < -0.4 is 10.1 Å². The molecule has 0 aliphatic rings. The second-order valence-corrected chi connectivity index (χ2v) is 8.18. The fraction of sp³-hybridized carbons (Fsp3) is 0.125. The van der Waals surface area contributed by atoms with E-state index in [1.807, 2.05) is 96.4 Å². The molecule has 0 spiro atoms. The number of carbonyl (C=O) groups excluding carboxylic acids is 1. The Morgan fingerprint density at radius 3 is 2.39 bits per heavy atom. The first-order chi connectivity index (χ1) is 15.2. The third kappa shape index (κ3) is 5.52. The standard InChI is InChI=1S/C24H22N4O2S/c1-18(31-24-27-25-17-28(24)21-10-6-3-7-11-21)23(29)26-20-12-14-22(15-13-20)30-16-19-8-4-2-5-9-19/h2-15,17-18H,16H2,1H3,(H,26,29)/t18-/m1/s1. The molecule has 4 rings (SSSR count). The van der Waals surface area contributed by atoms with Crippen molar-refractivity contribution in [3.8, 4) is 11.4 Å². The monoisotopic (exact) mass is 430 g/mol. The average Bonchev–Trinajstić information content (AvgIpc) is 3.28. The molecule has 1 heterocycles. The molecule has 156 valence electrons. The number of ether oxygens (including phenoxy) is 1. The topological polar surface area (TPSA) is 69.0 Å². The Bertz CT molecular complexity index is 1120. The number of amides is 1. The lowest BCUT2D eigenvalue weighted by Gasteiger charge is -2.13. The minimum Gasteiger partial charge on any atom is -0.489 e. The summed E-state index contributed by atoms with van der Waals surface area (Å²) in [5.41, 5.74) is 2.77. The molecule has 0 bridgehead atoms. The van der Waals surface area contributed by atoms with Crippen molar-refractivity contribution in [3.63, 3.8) is 0 Å². The van der Waals surface area contributed by atoms with Gasteiger partial charge in [-0.25, -0.2) is 0 Å². The molecule has 6 nitrogen and oxygen atoms in total. The molecule has 31 heavy (non-hydrogen) atoms. The molecule has 0 aliphatic heterocycles. The van der Waals surface area contributed by atoms with Crippen LogP contribution in [-0.4, -0.2) is 25.9 Å². The summed E-state index contributed by atoms with van der Waals surface area (Å²) in [6.45, 7) is 2.35. The number of nitrogens with zero attached hydrogens (tertiary/aromatic N) is 3. The molecular formula is C24H22N4O2S. The highest BCUT2D eigenvalue weighted by Crippen LogP contribution is 2.25. The zero-order valence-corrected chi connectivity index (χ0v) is 17.8. The Morgan fingerprint density at radius 2 is 1.68 bits per heavy atom. The van der Waals surface area contributed by atoms with Crippen molar-refractivity contribution in [2.24, 2.45) is 0 Å². The fourth-order valence-corrected chi connectivity index (χ4v) is 3.74. The van der Waals surface area contributed by atoms with Crippen molar-refractivity contribution < 1.29 is 9.53 Å². The molecule has 3 aromatic carbocycles. The fourth-order valence-electron chi connectivity index (χ4n) is 2.90. The van der Waals surface area contributed by atoms with Crippen LogP contribution in [0.25, 0.3) is 5.69 Å². The number of hydrogen-bond acceptors (Lipinski definition) is 5. The van der Waals surface area contributed by atoms with Gasteiger partial charge in [0.15, 0.2) is 5.16 Å². The minimum absolute atomic E-state index is 0.106. The largest absolute Gasteiger partial charge is 0.489 e. The van der Waals surface area contributed by atoms with E-state index in [9.17, 15) is 4.79 Å². The van der Waals surface area contributed by atoms with Gasteiger partial charge < -0.3 is 10.1 Å². The quantitative estimate of drug-likeness (QED) is 0.400. The Hall–Kier alpha value is -3.58. The van der Waals surface area contributed by atoms with Gasteiger partial charge in [0.05, 0.1) is 5.25 Å². The number of thioether (sulfide) groups is 1. The number of para-hydroxylation sites is 1. The van der Waals surface area contributed by atoms with Gasteiger partial charge in [0.2, 0.25) is 5.91 Å². The molecule has 0 unspecified atom stereocenters. The zero-order valence-electron chi connectivity index (χ0n) is 17.0. The van der Waals surface area contributed by atoms with Gasteiger partial charge in [-0.3, -0.25) is 9.36 Å². The lowest BCUT2D eigenvalue weighted by Crippen LogP contribution is -2.22. The highest BCUT2D eigenvalue weighted by molar-refractivity contribution is 8.00. The Kier molecular flexibility index (Phi) is 6.64. The van der Waals surface area contributed by atoms with Gasteiger partial charge in [-0.2, -0.15) is 0 Å². The molecule has 1 N–H and O–H groups in total. The Balaban J connectivity index is 1.33. The minimum atomic E-state index is -0.347. The van der Waals surface area contributed by atoms with E-state index in [0.29, 0.717) is 17.5 Å². The lowest BCUT2D eigenvalue weighted by atomic mass is 10.2. The molecule has 1 aromatic heterocycles. The van der Waals surface area contributed by atoms with Crippen LogP contribution in [0.2, 0.25) is 0 Å². The number of hydrogen-bond donors (Lipinski definition) is 1. The first-order valence-electron chi connectivity index (χ1n) is 9.89. The number of carbonyl (C=O) groups is 1. The van der Waals surface area contributed by atoms with E-state index < -0.39 is 0 Å². The number of anilines is 1. The van der Waals surface area contributed by atoms with Gasteiger partial charge in [-0.1, -0.05) is 60.3 Å². The van der Waals surface area contributed by atoms with Crippen LogP contribution in [-0.2, 0) is 11.4 Å². The van der Waals surface area contributed by atoms with Crippen LogP contribution in [0.3, 0.4) is 0 Å². The highest BCUT2D eigenvalue weighted by Gasteiger charge is 2.18. The van der Waals surface area contributed by atoms with Gasteiger partial charge in [0, 0.05) is 11.4 Å². The maximum absolute atomic E-state index is 12.7. The summed E-state index contributed by atoms with van der Waals surface area (Å²) in [5, 5.41) is 11.4. The summed E-state index contributed by atoms with van der Waals surface area (Å²) < 4.78 is 7.66. The Labute approximate surface area is 185 Å². The average molecular weight is 431 g/mol. The van der Waals surface area contributed by atoms with Crippen LogP contribution in [0.4, 0.5) is 5.69 Å². The summed E-state index contributed by atoms with van der Waals surface area (Å²) >= 11 is 1.36. The first-order valence-corrected chi connectivity index (χ1v) is 10.8. The van der Waals surface area contributed by atoms with E-state index in [1.54, 1.807) is 6.33 Å². The maximum Gasteiger partial charge on any atom is 0.237 e. The summed E-state index contributed by atoms with van der Waals surface area (Å²) in [6, 6.07) is 27.2. The normalized spacial score (nSPS) is 11.6. The van der Waals surface area contributed by atoms with E-state index in [1.165, 1.54) is 11.8 Å². The van der Waals surface area contributed by atoms with Gasteiger partial charge >= 0.3 is 0 Å².